The van der Waals surface area contributed by atoms with Crippen molar-refractivity contribution in [3.63, 3.8) is 0 Å². The van der Waals surface area contributed by atoms with Gasteiger partial charge in [-0.2, -0.15) is 0 Å². The smallest absolute Gasteiger partial charge is 0.0899 e. The lowest BCUT2D eigenvalue weighted by molar-refractivity contribution is -0.0500. The Labute approximate surface area is 104 Å². The molecule has 0 amide bonds. The third-order valence-electron chi connectivity index (χ3n) is 4.91. The Kier molecular flexibility index (Phi) is 2.96. The van der Waals surface area contributed by atoms with Gasteiger partial charge in [0.25, 0.3) is 0 Å². The average Bonchev–Trinajstić information content (AvgIpc) is 2.40. The average molecular weight is 230 g/mol. The summed E-state index contributed by atoms with van der Waals surface area (Å²) in [6, 6.07) is 10.3. The van der Waals surface area contributed by atoms with Crippen LogP contribution in [-0.2, 0) is 5.60 Å². The lowest BCUT2D eigenvalue weighted by atomic mass is 9.64. The highest BCUT2D eigenvalue weighted by molar-refractivity contribution is 5.23. The lowest BCUT2D eigenvalue weighted by Gasteiger charge is -2.44. The van der Waals surface area contributed by atoms with Gasteiger partial charge in [-0.05, 0) is 36.7 Å². The number of rotatable bonds is 1. The van der Waals surface area contributed by atoms with Gasteiger partial charge in [0.05, 0.1) is 5.60 Å². The second kappa shape index (κ2) is 4.45. The quantitative estimate of drug-likeness (QED) is 0.776. The van der Waals surface area contributed by atoms with E-state index >= 15 is 0 Å². The first-order chi connectivity index (χ1) is 8.28. The van der Waals surface area contributed by atoms with Gasteiger partial charge in [-0.25, -0.2) is 0 Å². The zero-order chi connectivity index (χ0) is 11.7. The zero-order valence-electron chi connectivity index (χ0n) is 10.4. The second-order valence-corrected chi connectivity index (χ2v) is 5.95. The maximum absolute atomic E-state index is 10.9. The van der Waals surface area contributed by atoms with Gasteiger partial charge in [-0.3, -0.25) is 0 Å². The zero-order valence-corrected chi connectivity index (χ0v) is 10.4. The molecule has 1 nitrogen and oxygen atoms in total. The molecule has 0 aromatic heterocycles. The highest BCUT2D eigenvalue weighted by Gasteiger charge is 2.41. The Hall–Kier alpha value is -0.820. The van der Waals surface area contributed by atoms with Crippen LogP contribution in [0.1, 0.15) is 50.5 Å². The first kappa shape index (κ1) is 11.3. The molecule has 0 unspecified atom stereocenters. The van der Waals surface area contributed by atoms with Crippen molar-refractivity contribution in [2.75, 3.05) is 0 Å². The minimum atomic E-state index is -0.542. The molecule has 1 aromatic rings. The molecule has 1 N–H and O–H groups in total. The molecule has 0 spiro atoms. The van der Waals surface area contributed by atoms with E-state index in [-0.39, 0.29) is 0 Å². The van der Waals surface area contributed by atoms with Crippen molar-refractivity contribution >= 4 is 0 Å². The molecule has 0 bridgehead atoms. The molecule has 2 aliphatic rings. The van der Waals surface area contributed by atoms with Crippen molar-refractivity contribution in [3.8, 4) is 0 Å². The third-order valence-corrected chi connectivity index (χ3v) is 4.91. The summed E-state index contributed by atoms with van der Waals surface area (Å²) in [5.41, 5.74) is 0.587. The highest BCUT2D eigenvalue weighted by atomic mass is 16.3. The van der Waals surface area contributed by atoms with Crippen LogP contribution in [0.25, 0.3) is 0 Å². The molecule has 0 heterocycles. The standard InChI is InChI=1S/C16H22O/c17-16(15-8-2-1-3-9-15)11-10-13-6-4-5-7-14(13)12-16/h1-3,8-9,13-14,17H,4-7,10-12H2/t13-,14-,16+/m0/s1. The van der Waals surface area contributed by atoms with Gasteiger partial charge in [0, 0.05) is 0 Å². The topological polar surface area (TPSA) is 20.2 Å². The fraction of sp³-hybridized carbons (Fsp3) is 0.625. The summed E-state index contributed by atoms with van der Waals surface area (Å²) in [5, 5.41) is 10.9. The summed E-state index contributed by atoms with van der Waals surface area (Å²) < 4.78 is 0. The van der Waals surface area contributed by atoms with E-state index in [0.29, 0.717) is 0 Å². The number of fused-ring (bicyclic) bond motifs is 1. The van der Waals surface area contributed by atoms with Crippen molar-refractivity contribution in [2.45, 2.75) is 50.5 Å². The van der Waals surface area contributed by atoms with E-state index < -0.39 is 5.60 Å². The monoisotopic (exact) mass is 230 g/mol. The predicted octanol–water partition coefficient (Wildman–Crippen LogP) is 3.86. The Balaban J connectivity index is 1.80. The summed E-state index contributed by atoms with van der Waals surface area (Å²) in [5.74, 6) is 1.66. The van der Waals surface area contributed by atoms with Gasteiger partial charge in [0.2, 0.25) is 0 Å². The Morgan fingerprint density at radius 2 is 1.65 bits per heavy atom. The summed E-state index contributed by atoms with van der Waals surface area (Å²) in [7, 11) is 0. The number of hydrogen-bond donors (Lipinski definition) is 1. The van der Waals surface area contributed by atoms with E-state index in [4.69, 9.17) is 0 Å². The molecule has 2 fully saturated rings. The van der Waals surface area contributed by atoms with E-state index in [1.165, 1.54) is 32.1 Å². The van der Waals surface area contributed by atoms with Crippen LogP contribution in [0.5, 0.6) is 0 Å². The van der Waals surface area contributed by atoms with E-state index in [2.05, 4.69) is 12.1 Å². The largest absolute Gasteiger partial charge is 0.385 e. The maximum atomic E-state index is 10.9. The van der Waals surface area contributed by atoms with Crippen molar-refractivity contribution in [2.24, 2.45) is 11.8 Å². The second-order valence-electron chi connectivity index (χ2n) is 5.95. The maximum Gasteiger partial charge on any atom is 0.0899 e. The third kappa shape index (κ3) is 2.13. The normalized spacial score (nSPS) is 37.5. The summed E-state index contributed by atoms with van der Waals surface area (Å²) in [6.45, 7) is 0. The first-order valence-corrected chi connectivity index (χ1v) is 7.06. The van der Waals surface area contributed by atoms with Crippen molar-refractivity contribution < 1.29 is 5.11 Å². The van der Waals surface area contributed by atoms with Gasteiger partial charge in [-0.15, -0.1) is 0 Å². The molecule has 3 atom stereocenters. The van der Waals surface area contributed by atoms with E-state index in [1.807, 2.05) is 18.2 Å². The molecule has 92 valence electrons. The highest BCUT2D eigenvalue weighted by Crippen LogP contribution is 2.48. The van der Waals surface area contributed by atoms with E-state index in [1.54, 1.807) is 0 Å². The van der Waals surface area contributed by atoms with Crippen molar-refractivity contribution in [3.05, 3.63) is 35.9 Å². The molecule has 0 aliphatic heterocycles. The van der Waals surface area contributed by atoms with Gasteiger partial charge in [0.15, 0.2) is 0 Å². The van der Waals surface area contributed by atoms with Crippen LogP contribution in [0.2, 0.25) is 0 Å². The van der Waals surface area contributed by atoms with Crippen LogP contribution in [0.15, 0.2) is 30.3 Å². The van der Waals surface area contributed by atoms with Gasteiger partial charge in [-0.1, -0.05) is 56.0 Å². The Morgan fingerprint density at radius 3 is 2.41 bits per heavy atom. The molecular weight excluding hydrogens is 208 g/mol. The van der Waals surface area contributed by atoms with Gasteiger partial charge < -0.3 is 5.11 Å². The molecule has 0 radical (unpaired) electrons. The molecule has 0 saturated heterocycles. The predicted molar refractivity (Wildman–Crippen MR) is 69.6 cm³/mol. The molecule has 1 heteroatoms. The fourth-order valence-electron chi connectivity index (χ4n) is 3.90. The van der Waals surface area contributed by atoms with Crippen molar-refractivity contribution in [1.82, 2.24) is 0 Å². The molecular formula is C16H22O. The SMILES string of the molecule is O[C@]1(c2ccccc2)CC[C@@H]2CCCC[C@H]2C1. The molecule has 17 heavy (non-hydrogen) atoms. The number of hydrogen-bond acceptors (Lipinski definition) is 1. The summed E-state index contributed by atoms with van der Waals surface area (Å²) in [6.07, 6.45) is 8.67. The van der Waals surface area contributed by atoms with Crippen LogP contribution in [0, 0.1) is 11.8 Å². The van der Waals surface area contributed by atoms with Gasteiger partial charge >= 0.3 is 0 Å². The van der Waals surface area contributed by atoms with Crippen LogP contribution >= 0.6 is 0 Å². The summed E-state index contributed by atoms with van der Waals surface area (Å²) >= 11 is 0. The number of benzene rings is 1. The minimum absolute atomic E-state index is 0.542. The minimum Gasteiger partial charge on any atom is -0.385 e. The Morgan fingerprint density at radius 1 is 0.941 bits per heavy atom. The molecule has 2 saturated carbocycles. The molecule has 3 rings (SSSR count). The first-order valence-electron chi connectivity index (χ1n) is 7.06. The van der Waals surface area contributed by atoms with E-state index in [0.717, 1.165) is 30.2 Å². The van der Waals surface area contributed by atoms with Crippen molar-refractivity contribution in [1.29, 1.82) is 0 Å². The number of aliphatic hydroxyl groups is 1. The van der Waals surface area contributed by atoms with E-state index in [9.17, 15) is 5.11 Å². The Bertz CT molecular complexity index is 372. The molecule has 2 aliphatic carbocycles. The van der Waals surface area contributed by atoms with Crippen LogP contribution in [0.3, 0.4) is 0 Å². The summed E-state index contributed by atoms with van der Waals surface area (Å²) in [4.78, 5) is 0. The lowest BCUT2D eigenvalue weighted by Crippen LogP contribution is -2.38. The fourth-order valence-corrected chi connectivity index (χ4v) is 3.90. The van der Waals surface area contributed by atoms with Crippen LogP contribution in [0.4, 0.5) is 0 Å². The molecule has 1 aromatic carbocycles. The van der Waals surface area contributed by atoms with Gasteiger partial charge in [0.1, 0.15) is 0 Å². The van der Waals surface area contributed by atoms with Crippen LogP contribution < -0.4 is 0 Å². The van der Waals surface area contributed by atoms with Crippen LogP contribution in [-0.4, -0.2) is 5.11 Å².